The van der Waals surface area contributed by atoms with E-state index in [9.17, 15) is 4.79 Å². The van der Waals surface area contributed by atoms with Crippen molar-refractivity contribution in [2.45, 2.75) is 44.9 Å². The molecule has 1 amide bonds. The van der Waals surface area contributed by atoms with Gasteiger partial charge in [0.05, 0.1) is 5.92 Å². The average Bonchev–Trinajstić information content (AvgIpc) is 3.02. The highest BCUT2D eigenvalue weighted by Gasteiger charge is 2.38. The molecule has 0 aromatic carbocycles. The lowest BCUT2D eigenvalue weighted by Crippen LogP contribution is -2.41. The largest absolute Gasteiger partial charge is 0.356 e. The van der Waals surface area contributed by atoms with E-state index in [4.69, 9.17) is 0 Å². The number of fused-ring (bicyclic) bond motifs is 2. The van der Waals surface area contributed by atoms with Gasteiger partial charge >= 0.3 is 0 Å². The highest BCUT2D eigenvalue weighted by Crippen LogP contribution is 2.49. The van der Waals surface area contributed by atoms with Gasteiger partial charge in [-0.2, -0.15) is 0 Å². The standard InChI is InChI=1S/C15H26N2O.ClH/c18-15(14-2-1-6-16-10-14)17-7-5-13-9-11-3-4-12(13)8-11;/h11-14,16H,1-10H2,(H,17,18);1H. The second-order valence-corrected chi connectivity index (χ2v) is 6.56. The van der Waals surface area contributed by atoms with Crippen molar-refractivity contribution in [3.8, 4) is 0 Å². The van der Waals surface area contributed by atoms with E-state index in [2.05, 4.69) is 10.6 Å². The summed E-state index contributed by atoms with van der Waals surface area (Å²) >= 11 is 0. The van der Waals surface area contributed by atoms with Crippen LogP contribution in [0.1, 0.15) is 44.9 Å². The molecule has 0 radical (unpaired) electrons. The molecule has 3 nitrogen and oxygen atoms in total. The van der Waals surface area contributed by atoms with Crippen LogP contribution in [0.2, 0.25) is 0 Å². The SMILES string of the molecule is Cl.O=C(NCCC1CC2CCC1C2)C1CCCNC1. The minimum atomic E-state index is 0. The van der Waals surface area contributed by atoms with Gasteiger partial charge < -0.3 is 10.6 Å². The number of hydrogen-bond donors (Lipinski definition) is 2. The van der Waals surface area contributed by atoms with Gasteiger partial charge in [-0.15, -0.1) is 12.4 Å². The van der Waals surface area contributed by atoms with Crippen molar-refractivity contribution >= 4 is 18.3 Å². The van der Waals surface area contributed by atoms with Gasteiger partial charge in [-0.25, -0.2) is 0 Å². The minimum absolute atomic E-state index is 0. The van der Waals surface area contributed by atoms with Crippen LogP contribution in [-0.2, 0) is 4.79 Å². The van der Waals surface area contributed by atoms with Gasteiger partial charge in [-0.1, -0.05) is 6.42 Å². The molecule has 0 spiro atoms. The van der Waals surface area contributed by atoms with Crippen molar-refractivity contribution in [2.75, 3.05) is 19.6 Å². The minimum Gasteiger partial charge on any atom is -0.356 e. The first-order valence-electron chi connectivity index (χ1n) is 7.81. The lowest BCUT2D eigenvalue weighted by atomic mass is 9.86. The highest BCUT2D eigenvalue weighted by molar-refractivity contribution is 5.85. The molecular formula is C15H27ClN2O. The molecule has 2 aliphatic carbocycles. The third-order valence-corrected chi connectivity index (χ3v) is 5.37. The van der Waals surface area contributed by atoms with Gasteiger partial charge in [0.15, 0.2) is 0 Å². The molecule has 1 heterocycles. The summed E-state index contributed by atoms with van der Waals surface area (Å²) in [6.07, 6.45) is 9.26. The summed E-state index contributed by atoms with van der Waals surface area (Å²) < 4.78 is 0. The van der Waals surface area contributed by atoms with E-state index in [0.29, 0.717) is 0 Å². The Morgan fingerprint density at radius 1 is 1.21 bits per heavy atom. The number of carbonyl (C=O) groups is 1. The van der Waals surface area contributed by atoms with E-state index in [0.717, 1.165) is 50.2 Å². The quantitative estimate of drug-likeness (QED) is 0.833. The van der Waals surface area contributed by atoms with Gasteiger partial charge in [0, 0.05) is 13.1 Å². The zero-order valence-electron chi connectivity index (χ0n) is 11.7. The summed E-state index contributed by atoms with van der Waals surface area (Å²) in [4.78, 5) is 12.0. The molecule has 110 valence electrons. The van der Waals surface area contributed by atoms with Gasteiger partial charge in [-0.3, -0.25) is 4.79 Å². The first-order valence-corrected chi connectivity index (χ1v) is 7.81. The highest BCUT2D eigenvalue weighted by atomic mass is 35.5. The Bertz CT molecular complexity index is 305. The fourth-order valence-electron chi connectivity index (χ4n) is 4.33. The molecule has 0 aromatic heterocycles. The van der Waals surface area contributed by atoms with Crippen LogP contribution in [0.4, 0.5) is 0 Å². The molecule has 2 saturated carbocycles. The van der Waals surface area contributed by atoms with Crippen LogP contribution < -0.4 is 10.6 Å². The molecule has 2 bridgehead atoms. The molecule has 3 aliphatic rings. The van der Waals surface area contributed by atoms with Crippen molar-refractivity contribution in [2.24, 2.45) is 23.7 Å². The number of amides is 1. The van der Waals surface area contributed by atoms with Crippen molar-refractivity contribution in [3.05, 3.63) is 0 Å². The number of piperidine rings is 1. The van der Waals surface area contributed by atoms with Gasteiger partial charge in [0.2, 0.25) is 5.91 Å². The Morgan fingerprint density at radius 2 is 2.11 bits per heavy atom. The number of hydrogen-bond acceptors (Lipinski definition) is 2. The van der Waals surface area contributed by atoms with Gasteiger partial charge in [-0.05, 0) is 62.8 Å². The maximum absolute atomic E-state index is 12.0. The Balaban J connectivity index is 0.00000133. The van der Waals surface area contributed by atoms with Gasteiger partial charge in [0.25, 0.3) is 0 Å². The molecule has 4 atom stereocenters. The Kier molecular flexibility index (Phi) is 5.52. The summed E-state index contributed by atoms with van der Waals surface area (Å²) in [6.45, 7) is 2.86. The zero-order valence-corrected chi connectivity index (χ0v) is 12.5. The van der Waals surface area contributed by atoms with Crippen LogP contribution in [0.3, 0.4) is 0 Å². The topological polar surface area (TPSA) is 41.1 Å². The molecule has 2 N–H and O–H groups in total. The first-order chi connectivity index (χ1) is 8.83. The second-order valence-electron chi connectivity index (χ2n) is 6.56. The van der Waals surface area contributed by atoms with Crippen LogP contribution in [0, 0.1) is 23.7 Å². The van der Waals surface area contributed by atoms with Crippen LogP contribution in [0.5, 0.6) is 0 Å². The van der Waals surface area contributed by atoms with Crippen LogP contribution >= 0.6 is 12.4 Å². The number of nitrogens with one attached hydrogen (secondary N) is 2. The van der Waals surface area contributed by atoms with Gasteiger partial charge in [0.1, 0.15) is 0 Å². The number of carbonyl (C=O) groups excluding carboxylic acids is 1. The predicted octanol–water partition coefficient (Wildman–Crippen LogP) is 2.35. The Hall–Kier alpha value is -0.280. The third kappa shape index (κ3) is 3.63. The lowest BCUT2D eigenvalue weighted by molar-refractivity contribution is -0.125. The molecule has 1 saturated heterocycles. The molecule has 1 aliphatic heterocycles. The van der Waals surface area contributed by atoms with E-state index in [1.165, 1.54) is 32.1 Å². The first kappa shape index (κ1) is 15.1. The summed E-state index contributed by atoms with van der Waals surface area (Å²) in [5, 5.41) is 6.47. The van der Waals surface area contributed by atoms with E-state index >= 15 is 0 Å². The Morgan fingerprint density at radius 3 is 2.74 bits per heavy atom. The maximum Gasteiger partial charge on any atom is 0.224 e. The van der Waals surface area contributed by atoms with E-state index in [-0.39, 0.29) is 24.2 Å². The van der Waals surface area contributed by atoms with Crippen molar-refractivity contribution in [3.63, 3.8) is 0 Å². The predicted molar refractivity (Wildman–Crippen MR) is 79.4 cm³/mol. The summed E-state index contributed by atoms with van der Waals surface area (Å²) in [5.74, 6) is 3.43. The van der Waals surface area contributed by atoms with Crippen molar-refractivity contribution in [1.82, 2.24) is 10.6 Å². The van der Waals surface area contributed by atoms with Crippen molar-refractivity contribution in [1.29, 1.82) is 0 Å². The molecule has 3 fully saturated rings. The number of halogens is 1. The zero-order chi connectivity index (χ0) is 12.4. The maximum atomic E-state index is 12.0. The molecular weight excluding hydrogens is 260 g/mol. The smallest absolute Gasteiger partial charge is 0.224 e. The second kappa shape index (κ2) is 6.94. The number of rotatable bonds is 4. The van der Waals surface area contributed by atoms with Crippen molar-refractivity contribution < 1.29 is 4.79 Å². The fourth-order valence-corrected chi connectivity index (χ4v) is 4.33. The molecule has 19 heavy (non-hydrogen) atoms. The average molecular weight is 287 g/mol. The summed E-state index contributed by atoms with van der Waals surface area (Å²) in [7, 11) is 0. The lowest BCUT2D eigenvalue weighted by Gasteiger charge is -2.24. The van der Waals surface area contributed by atoms with Crippen LogP contribution in [0.15, 0.2) is 0 Å². The normalized spacial score (nSPS) is 36.8. The van der Waals surface area contributed by atoms with E-state index in [1.54, 1.807) is 0 Å². The summed E-state index contributed by atoms with van der Waals surface area (Å²) in [5.41, 5.74) is 0. The molecule has 4 heteroatoms. The fraction of sp³-hybridized carbons (Fsp3) is 0.933. The van der Waals surface area contributed by atoms with E-state index < -0.39 is 0 Å². The van der Waals surface area contributed by atoms with E-state index in [1.807, 2.05) is 0 Å². The molecule has 0 aromatic rings. The molecule has 3 rings (SSSR count). The van der Waals surface area contributed by atoms with Crippen LogP contribution in [-0.4, -0.2) is 25.5 Å². The monoisotopic (exact) mass is 286 g/mol. The molecule has 4 unspecified atom stereocenters. The Labute approximate surface area is 122 Å². The summed E-state index contributed by atoms with van der Waals surface area (Å²) in [6, 6.07) is 0. The third-order valence-electron chi connectivity index (χ3n) is 5.37. The van der Waals surface area contributed by atoms with Crippen LogP contribution in [0.25, 0.3) is 0 Å².